The Morgan fingerprint density at radius 3 is 1.88 bits per heavy atom. The molecule has 0 bridgehead atoms. The van der Waals surface area contributed by atoms with Crippen LogP contribution >= 0.6 is 0 Å². The summed E-state index contributed by atoms with van der Waals surface area (Å²) >= 11 is 0. The second-order valence-corrected chi connectivity index (χ2v) is 6.63. The molecule has 4 aromatic rings. The Morgan fingerprint density at radius 2 is 1.23 bits per heavy atom. The maximum Gasteiger partial charge on any atom is 0.281 e. The largest absolute Gasteiger partial charge is 0.382 e. The molecular formula is C23H18F2O. The third kappa shape index (κ3) is 3.18. The first-order valence-electron chi connectivity index (χ1n) is 8.55. The molecule has 1 atom stereocenters. The molecule has 0 fully saturated rings. The number of rotatable bonds is 4. The van der Waals surface area contributed by atoms with Gasteiger partial charge in [0.15, 0.2) is 0 Å². The van der Waals surface area contributed by atoms with Crippen LogP contribution in [-0.2, 0) is 6.42 Å². The first kappa shape index (κ1) is 16.7. The molecule has 0 aromatic heterocycles. The Kier molecular flexibility index (Phi) is 4.17. The van der Waals surface area contributed by atoms with E-state index >= 15 is 0 Å². The number of fused-ring (bicyclic) bond motifs is 2. The molecule has 0 spiro atoms. The molecule has 0 aliphatic rings. The van der Waals surface area contributed by atoms with Gasteiger partial charge in [0, 0.05) is 6.42 Å². The molecule has 1 unspecified atom stereocenters. The summed E-state index contributed by atoms with van der Waals surface area (Å²) in [5, 5.41) is 14.1. The number of halogens is 2. The first-order valence-corrected chi connectivity index (χ1v) is 8.55. The van der Waals surface area contributed by atoms with E-state index in [4.69, 9.17) is 0 Å². The van der Waals surface area contributed by atoms with E-state index in [9.17, 15) is 13.9 Å². The summed E-state index contributed by atoms with van der Waals surface area (Å²) in [5.74, 6) is -3.26. The first-order chi connectivity index (χ1) is 12.5. The molecule has 0 saturated heterocycles. The van der Waals surface area contributed by atoms with E-state index in [2.05, 4.69) is 0 Å². The molecule has 0 heterocycles. The lowest BCUT2D eigenvalue weighted by molar-refractivity contribution is -0.109. The van der Waals surface area contributed by atoms with Crippen LogP contribution in [0.3, 0.4) is 0 Å². The Bertz CT molecular complexity index is 1070. The fourth-order valence-corrected chi connectivity index (χ4v) is 3.34. The van der Waals surface area contributed by atoms with E-state index in [-0.39, 0.29) is 5.56 Å². The van der Waals surface area contributed by atoms with E-state index < -0.39 is 18.4 Å². The van der Waals surface area contributed by atoms with E-state index in [0.29, 0.717) is 5.56 Å². The van der Waals surface area contributed by atoms with Crippen molar-refractivity contribution in [3.8, 4) is 0 Å². The van der Waals surface area contributed by atoms with Gasteiger partial charge in [0.25, 0.3) is 5.92 Å². The van der Waals surface area contributed by atoms with Crippen molar-refractivity contribution in [1.29, 1.82) is 0 Å². The number of benzene rings is 4. The Morgan fingerprint density at radius 1 is 0.692 bits per heavy atom. The molecular weight excluding hydrogens is 330 g/mol. The van der Waals surface area contributed by atoms with Gasteiger partial charge >= 0.3 is 0 Å². The van der Waals surface area contributed by atoms with Crippen molar-refractivity contribution in [2.24, 2.45) is 0 Å². The van der Waals surface area contributed by atoms with Crippen molar-refractivity contribution < 1.29 is 13.9 Å². The lowest BCUT2D eigenvalue weighted by atomic mass is 9.94. The van der Waals surface area contributed by atoms with Crippen LogP contribution in [0.25, 0.3) is 21.5 Å². The lowest BCUT2D eigenvalue weighted by Crippen LogP contribution is -2.29. The molecule has 4 rings (SSSR count). The third-order valence-electron chi connectivity index (χ3n) is 4.74. The maximum atomic E-state index is 14.7. The topological polar surface area (TPSA) is 20.2 Å². The highest BCUT2D eigenvalue weighted by atomic mass is 19.3. The normalized spacial score (nSPS) is 13.2. The fourth-order valence-electron chi connectivity index (χ4n) is 3.34. The molecule has 4 aromatic carbocycles. The zero-order valence-corrected chi connectivity index (χ0v) is 14.1. The van der Waals surface area contributed by atoms with Crippen molar-refractivity contribution in [3.05, 3.63) is 96.1 Å². The van der Waals surface area contributed by atoms with E-state index in [1.165, 1.54) is 0 Å². The monoisotopic (exact) mass is 348 g/mol. The van der Waals surface area contributed by atoms with Gasteiger partial charge in [0.2, 0.25) is 0 Å². The SMILES string of the molecule is OC(c1ccc2ccccc2c1)C(F)(F)Cc1ccc2ccccc2c1. The molecule has 0 aliphatic heterocycles. The Hall–Kier alpha value is -2.78. The number of aliphatic hydroxyl groups excluding tert-OH is 1. The van der Waals surface area contributed by atoms with Gasteiger partial charge in [-0.15, -0.1) is 0 Å². The van der Waals surface area contributed by atoms with Crippen LogP contribution in [0, 0.1) is 0 Å². The molecule has 0 radical (unpaired) electrons. The van der Waals surface area contributed by atoms with Crippen LogP contribution in [-0.4, -0.2) is 11.0 Å². The zero-order valence-electron chi connectivity index (χ0n) is 14.1. The standard InChI is InChI=1S/C23H18F2O/c24-23(25,15-16-9-10-17-5-1-3-7-19(17)13-16)22(26)21-12-11-18-6-2-4-8-20(18)14-21/h1-14,22,26H,15H2. The van der Waals surface area contributed by atoms with Gasteiger partial charge in [-0.2, -0.15) is 0 Å². The molecule has 0 saturated carbocycles. The van der Waals surface area contributed by atoms with Crippen LogP contribution in [0.4, 0.5) is 8.78 Å². The van der Waals surface area contributed by atoms with Gasteiger partial charge in [-0.1, -0.05) is 78.9 Å². The summed E-state index contributed by atoms with van der Waals surface area (Å²) in [6, 6.07) is 25.4. The molecule has 130 valence electrons. The number of hydrogen-bond acceptors (Lipinski definition) is 1. The van der Waals surface area contributed by atoms with Crippen LogP contribution in [0.2, 0.25) is 0 Å². The zero-order chi connectivity index (χ0) is 18.1. The molecule has 0 aliphatic carbocycles. The van der Waals surface area contributed by atoms with Gasteiger partial charge in [0.05, 0.1) is 0 Å². The molecule has 3 heteroatoms. The summed E-state index contributed by atoms with van der Waals surface area (Å²) in [5.41, 5.74) is 0.739. The number of hydrogen-bond donors (Lipinski definition) is 1. The van der Waals surface area contributed by atoms with Crippen LogP contribution in [0.1, 0.15) is 17.2 Å². The Labute approximate surface area is 150 Å². The van der Waals surface area contributed by atoms with Gasteiger partial charge in [0.1, 0.15) is 6.10 Å². The second kappa shape index (κ2) is 6.50. The molecule has 0 amide bonds. The second-order valence-electron chi connectivity index (χ2n) is 6.63. The summed E-state index contributed by atoms with van der Waals surface area (Å²) in [6.45, 7) is 0. The van der Waals surface area contributed by atoms with Crippen molar-refractivity contribution >= 4 is 21.5 Å². The van der Waals surface area contributed by atoms with Gasteiger partial charge in [-0.25, -0.2) is 8.78 Å². The summed E-state index contributed by atoms with van der Waals surface area (Å²) in [7, 11) is 0. The van der Waals surface area contributed by atoms with Crippen LogP contribution in [0.15, 0.2) is 84.9 Å². The van der Waals surface area contributed by atoms with Gasteiger partial charge < -0.3 is 5.11 Å². The van der Waals surface area contributed by atoms with E-state index in [1.54, 1.807) is 30.3 Å². The van der Waals surface area contributed by atoms with E-state index in [1.807, 2.05) is 54.6 Å². The van der Waals surface area contributed by atoms with Crippen LogP contribution in [0.5, 0.6) is 0 Å². The fraction of sp³-hybridized carbons (Fsp3) is 0.130. The van der Waals surface area contributed by atoms with Gasteiger partial charge in [-0.3, -0.25) is 0 Å². The highest BCUT2D eigenvalue weighted by Crippen LogP contribution is 2.36. The third-order valence-corrected chi connectivity index (χ3v) is 4.74. The van der Waals surface area contributed by atoms with E-state index in [0.717, 1.165) is 21.5 Å². The highest BCUT2D eigenvalue weighted by molar-refractivity contribution is 5.83. The minimum Gasteiger partial charge on any atom is -0.382 e. The minimum absolute atomic E-state index is 0.231. The molecule has 1 nitrogen and oxygen atoms in total. The lowest BCUT2D eigenvalue weighted by Gasteiger charge is -2.23. The minimum atomic E-state index is -3.26. The van der Waals surface area contributed by atoms with Crippen molar-refractivity contribution in [3.63, 3.8) is 0 Å². The Balaban J connectivity index is 1.62. The average molecular weight is 348 g/mol. The predicted octanol–water partition coefficient (Wildman–Crippen LogP) is 5.90. The highest BCUT2D eigenvalue weighted by Gasteiger charge is 2.39. The molecule has 1 N–H and O–H groups in total. The summed E-state index contributed by atoms with van der Waals surface area (Å²) in [4.78, 5) is 0. The van der Waals surface area contributed by atoms with Gasteiger partial charge in [-0.05, 0) is 38.7 Å². The average Bonchev–Trinajstić information content (AvgIpc) is 2.66. The summed E-state index contributed by atoms with van der Waals surface area (Å²) < 4.78 is 29.5. The predicted molar refractivity (Wildman–Crippen MR) is 102 cm³/mol. The number of alkyl halides is 2. The van der Waals surface area contributed by atoms with Crippen molar-refractivity contribution in [2.75, 3.05) is 0 Å². The maximum absolute atomic E-state index is 14.7. The van der Waals surface area contributed by atoms with Crippen molar-refractivity contribution in [2.45, 2.75) is 18.4 Å². The number of aliphatic hydroxyl groups is 1. The molecule has 26 heavy (non-hydrogen) atoms. The smallest absolute Gasteiger partial charge is 0.281 e. The quantitative estimate of drug-likeness (QED) is 0.486. The summed E-state index contributed by atoms with van der Waals surface area (Å²) in [6.07, 6.45) is -2.36. The van der Waals surface area contributed by atoms with Crippen LogP contribution < -0.4 is 0 Å². The van der Waals surface area contributed by atoms with Crippen molar-refractivity contribution in [1.82, 2.24) is 0 Å².